The van der Waals surface area contributed by atoms with Gasteiger partial charge in [0, 0.05) is 12.2 Å². The molecule has 1 amide bonds. The summed E-state index contributed by atoms with van der Waals surface area (Å²) in [5, 5.41) is 2.45. The molecule has 7 heteroatoms. The molecule has 32 heavy (non-hydrogen) atoms. The van der Waals surface area contributed by atoms with Crippen LogP contribution >= 0.6 is 23.1 Å². The van der Waals surface area contributed by atoms with Crippen LogP contribution in [0.4, 0.5) is 5.69 Å². The third-order valence-corrected chi connectivity index (χ3v) is 7.10. The summed E-state index contributed by atoms with van der Waals surface area (Å²) in [5.74, 6) is 0.197. The second kappa shape index (κ2) is 9.71. The van der Waals surface area contributed by atoms with Gasteiger partial charge in [-0.3, -0.25) is 14.2 Å². The van der Waals surface area contributed by atoms with Crippen molar-refractivity contribution < 1.29 is 4.79 Å². The summed E-state index contributed by atoms with van der Waals surface area (Å²) in [4.78, 5) is 32.7. The van der Waals surface area contributed by atoms with E-state index >= 15 is 0 Å². The molecule has 0 saturated carbocycles. The Balaban J connectivity index is 1.62. The molecule has 0 saturated heterocycles. The molecule has 0 radical (unpaired) electrons. The van der Waals surface area contributed by atoms with Crippen LogP contribution in [-0.4, -0.2) is 27.8 Å². The maximum atomic E-state index is 13.2. The van der Waals surface area contributed by atoms with E-state index in [1.54, 1.807) is 9.47 Å². The lowest BCUT2D eigenvalue weighted by molar-refractivity contribution is -0.116. The fourth-order valence-corrected chi connectivity index (χ4v) is 5.21. The zero-order valence-electron chi connectivity index (χ0n) is 18.4. The van der Waals surface area contributed by atoms with Crippen LogP contribution in [-0.2, 0) is 11.3 Å². The fourth-order valence-electron chi connectivity index (χ4n) is 3.55. The van der Waals surface area contributed by atoms with Crippen LogP contribution in [0.2, 0.25) is 0 Å². The molecule has 164 valence electrons. The normalized spacial score (nSPS) is 11.1. The Bertz CT molecular complexity index is 1310. The number of rotatable bonds is 7. The monoisotopic (exact) mass is 463 g/mol. The SMILES string of the molecule is CCN(C(=O)CSc1nc2ccsc2c(=O)n1Cc1ccc(C)cc1)c1cccc(C)c1. The summed E-state index contributed by atoms with van der Waals surface area (Å²) >= 11 is 2.72. The van der Waals surface area contributed by atoms with Crippen LogP contribution in [0.25, 0.3) is 10.2 Å². The minimum atomic E-state index is -0.0634. The third-order valence-electron chi connectivity index (χ3n) is 5.25. The molecule has 0 atom stereocenters. The highest BCUT2D eigenvalue weighted by Crippen LogP contribution is 2.23. The number of anilines is 1. The van der Waals surface area contributed by atoms with Crippen molar-refractivity contribution in [1.29, 1.82) is 0 Å². The number of aromatic nitrogens is 2. The largest absolute Gasteiger partial charge is 0.312 e. The minimum absolute atomic E-state index is 0.00958. The highest BCUT2D eigenvalue weighted by atomic mass is 32.2. The van der Waals surface area contributed by atoms with E-state index in [-0.39, 0.29) is 17.2 Å². The molecular formula is C25H25N3O2S2. The van der Waals surface area contributed by atoms with Crippen LogP contribution in [0.3, 0.4) is 0 Å². The number of carbonyl (C=O) groups is 1. The Morgan fingerprint density at radius 2 is 1.88 bits per heavy atom. The van der Waals surface area contributed by atoms with E-state index in [4.69, 9.17) is 4.98 Å². The third kappa shape index (κ3) is 4.79. The molecule has 4 rings (SSSR count). The molecular weight excluding hydrogens is 438 g/mol. The first-order valence-corrected chi connectivity index (χ1v) is 12.4. The lowest BCUT2D eigenvalue weighted by Gasteiger charge is -2.21. The van der Waals surface area contributed by atoms with Gasteiger partial charge in [-0.15, -0.1) is 11.3 Å². The highest BCUT2D eigenvalue weighted by molar-refractivity contribution is 7.99. The Morgan fingerprint density at radius 3 is 2.59 bits per heavy atom. The Labute approximate surface area is 195 Å². The average molecular weight is 464 g/mol. The van der Waals surface area contributed by atoms with E-state index in [2.05, 4.69) is 0 Å². The van der Waals surface area contributed by atoms with E-state index < -0.39 is 0 Å². The molecule has 0 unspecified atom stereocenters. The van der Waals surface area contributed by atoms with Gasteiger partial charge in [-0.1, -0.05) is 53.7 Å². The first-order chi connectivity index (χ1) is 15.5. The average Bonchev–Trinajstić information content (AvgIpc) is 3.25. The van der Waals surface area contributed by atoms with Crippen LogP contribution in [0, 0.1) is 13.8 Å². The first-order valence-electron chi connectivity index (χ1n) is 10.5. The van der Waals surface area contributed by atoms with E-state index in [0.29, 0.717) is 28.5 Å². The predicted molar refractivity (Wildman–Crippen MR) is 134 cm³/mol. The molecule has 4 aromatic rings. The molecule has 0 N–H and O–H groups in total. The summed E-state index contributed by atoms with van der Waals surface area (Å²) in [5.41, 5.74) is 4.81. The van der Waals surface area contributed by atoms with E-state index in [9.17, 15) is 9.59 Å². The Kier molecular flexibility index (Phi) is 6.77. The lowest BCUT2D eigenvalue weighted by Crippen LogP contribution is -2.32. The summed E-state index contributed by atoms with van der Waals surface area (Å²) in [6.07, 6.45) is 0. The summed E-state index contributed by atoms with van der Waals surface area (Å²) in [6, 6.07) is 17.9. The maximum absolute atomic E-state index is 13.2. The zero-order chi connectivity index (χ0) is 22.7. The zero-order valence-corrected chi connectivity index (χ0v) is 20.0. The number of nitrogens with zero attached hydrogens (tertiary/aromatic N) is 3. The van der Waals surface area contributed by atoms with Gasteiger partial charge in [-0.2, -0.15) is 0 Å². The van der Waals surface area contributed by atoms with Crippen molar-refractivity contribution in [2.75, 3.05) is 17.2 Å². The molecule has 0 aliphatic carbocycles. The molecule has 2 aromatic heterocycles. The first kappa shape index (κ1) is 22.3. The van der Waals surface area contributed by atoms with Crippen LogP contribution in [0.5, 0.6) is 0 Å². The number of hydrogen-bond acceptors (Lipinski definition) is 5. The fraction of sp³-hybridized carbons (Fsp3) is 0.240. The molecule has 0 aliphatic rings. The molecule has 5 nitrogen and oxygen atoms in total. The quantitative estimate of drug-likeness (QED) is 0.277. The van der Waals surface area contributed by atoms with Gasteiger partial charge in [0.05, 0.1) is 17.8 Å². The van der Waals surface area contributed by atoms with Gasteiger partial charge < -0.3 is 4.90 Å². The van der Waals surface area contributed by atoms with Gasteiger partial charge in [0.15, 0.2) is 5.16 Å². The number of thiophene rings is 1. The number of hydrogen-bond donors (Lipinski definition) is 0. The summed E-state index contributed by atoms with van der Waals surface area (Å²) in [7, 11) is 0. The molecule has 2 aromatic carbocycles. The molecule has 0 fully saturated rings. The Morgan fingerprint density at radius 1 is 1.09 bits per heavy atom. The van der Waals surface area contributed by atoms with Gasteiger partial charge in [0.2, 0.25) is 5.91 Å². The van der Waals surface area contributed by atoms with Gasteiger partial charge in [-0.05, 0) is 55.5 Å². The summed E-state index contributed by atoms with van der Waals surface area (Å²) < 4.78 is 2.33. The number of thioether (sulfide) groups is 1. The second-order valence-corrected chi connectivity index (χ2v) is 9.53. The van der Waals surface area contributed by atoms with Crippen molar-refractivity contribution in [3.63, 3.8) is 0 Å². The van der Waals surface area contributed by atoms with Crippen molar-refractivity contribution >= 4 is 44.9 Å². The maximum Gasteiger partial charge on any atom is 0.272 e. The van der Waals surface area contributed by atoms with Crippen molar-refractivity contribution in [3.8, 4) is 0 Å². The van der Waals surface area contributed by atoms with Gasteiger partial charge in [-0.25, -0.2) is 4.98 Å². The molecule has 2 heterocycles. The van der Waals surface area contributed by atoms with Crippen molar-refractivity contribution in [1.82, 2.24) is 9.55 Å². The van der Waals surface area contributed by atoms with Crippen LogP contribution in [0.15, 0.2) is 69.9 Å². The molecule has 0 spiro atoms. The molecule has 0 aliphatic heterocycles. The van der Waals surface area contributed by atoms with Crippen molar-refractivity contribution in [2.45, 2.75) is 32.5 Å². The van der Waals surface area contributed by atoms with Gasteiger partial charge in [0.25, 0.3) is 5.56 Å². The highest BCUT2D eigenvalue weighted by Gasteiger charge is 2.18. The van der Waals surface area contributed by atoms with E-state index in [0.717, 1.165) is 16.8 Å². The van der Waals surface area contributed by atoms with E-state index in [1.165, 1.54) is 28.7 Å². The molecule has 0 bridgehead atoms. The summed E-state index contributed by atoms with van der Waals surface area (Å²) in [6.45, 7) is 7.02. The number of amides is 1. The van der Waals surface area contributed by atoms with Gasteiger partial charge in [0.1, 0.15) is 4.70 Å². The smallest absolute Gasteiger partial charge is 0.272 e. The van der Waals surface area contributed by atoms with Crippen LogP contribution in [0.1, 0.15) is 23.6 Å². The minimum Gasteiger partial charge on any atom is -0.312 e. The van der Waals surface area contributed by atoms with Crippen molar-refractivity contribution in [3.05, 3.63) is 87.0 Å². The second-order valence-electron chi connectivity index (χ2n) is 7.67. The number of benzene rings is 2. The predicted octanol–water partition coefficient (Wildman–Crippen LogP) is 5.27. The number of carbonyl (C=O) groups excluding carboxylic acids is 1. The standard InChI is InChI=1S/C25H25N3O2S2/c1-4-27(20-7-5-6-18(3)14-20)22(29)16-32-25-26-21-12-13-31-23(21)24(30)28(25)15-19-10-8-17(2)9-11-19/h5-14H,4,15-16H2,1-3H3. The van der Waals surface area contributed by atoms with E-state index in [1.807, 2.05) is 80.7 Å². The Hall–Kier alpha value is -2.90. The number of aryl methyl sites for hydroxylation is 2. The topological polar surface area (TPSA) is 55.2 Å². The van der Waals surface area contributed by atoms with Crippen LogP contribution < -0.4 is 10.5 Å². The van der Waals surface area contributed by atoms with Crippen molar-refractivity contribution in [2.24, 2.45) is 0 Å². The van der Waals surface area contributed by atoms with Gasteiger partial charge >= 0.3 is 0 Å². The lowest BCUT2D eigenvalue weighted by atomic mass is 10.1. The number of fused-ring (bicyclic) bond motifs is 1.